The van der Waals surface area contributed by atoms with Gasteiger partial charge in [0.2, 0.25) is 5.88 Å². The van der Waals surface area contributed by atoms with Gasteiger partial charge in [-0.1, -0.05) is 12.1 Å². The molecule has 3 nitrogen and oxygen atoms in total. The van der Waals surface area contributed by atoms with Crippen LogP contribution in [0.15, 0.2) is 24.4 Å². The first-order valence-corrected chi connectivity index (χ1v) is 3.72. The van der Waals surface area contributed by atoms with E-state index in [1.54, 1.807) is 17.7 Å². The highest BCUT2D eigenvalue weighted by Gasteiger charge is 2.06. The van der Waals surface area contributed by atoms with E-state index < -0.39 is 0 Å². The van der Waals surface area contributed by atoms with Crippen LogP contribution in [0, 0.1) is 0 Å². The van der Waals surface area contributed by atoms with Crippen molar-refractivity contribution in [3.63, 3.8) is 0 Å². The molecule has 0 aliphatic heterocycles. The zero-order valence-electron chi connectivity index (χ0n) is 6.78. The highest BCUT2D eigenvalue weighted by molar-refractivity contribution is 5.97. The largest absolute Gasteiger partial charge is 0.494 e. The molecule has 3 heteroatoms. The summed E-state index contributed by atoms with van der Waals surface area (Å²) in [6.07, 6.45) is 1.85. The lowest BCUT2D eigenvalue weighted by Gasteiger charge is -1.96. The van der Waals surface area contributed by atoms with Gasteiger partial charge in [-0.05, 0) is 6.07 Å². The molecule has 62 valence electrons. The summed E-state index contributed by atoms with van der Waals surface area (Å²) in [4.78, 5) is 0. The summed E-state index contributed by atoms with van der Waals surface area (Å²) in [5.41, 5.74) is 6.31. The molecular weight excluding hydrogens is 152 g/mol. The third-order valence-corrected chi connectivity index (χ3v) is 2.02. The van der Waals surface area contributed by atoms with Gasteiger partial charge in [0, 0.05) is 24.3 Å². The molecule has 0 saturated carbocycles. The van der Waals surface area contributed by atoms with Crippen molar-refractivity contribution in [3.05, 3.63) is 24.4 Å². The van der Waals surface area contributed by atoms with Crippen LogP contribution < -0.4 is 5.73 Å². The number of anilines is 1. The minimum Gasteiger partial charge on any atom is -0.494 e. The number of nitrogens with zero attached hydrogens (tertiary/aromatic N) is 1. The summed E-state index contributed by atoms with van der Waals surface area (Å²) in [5, 5.41) is 11.3. The van der Waals surface area contributed by atoms with Crippen molar-refractivity contribution in [2.45, 2.75) is 0 Å². The topological polar surface area (TPSA) is 51.2 Å². The number of aryl methyl sites for hydroxylation is 1. The SMILES string of the molecule is Cn1cc2cccc(N)c2c1O. The van der Waals surface area contributed by atoms with Crippen LogP contribution in [0.5, 0.6) is 5.88 Å². The van der Waals surface area contributed by atoms with Crippen LogP contribution in [0.2, 0.25) is 0 Å². The molecule has 2 aromatic rings. The molecule has 1 aromatic heterocycles. The average Bonchev–Trinajstić information content (AvgIpc) is 2.29. The lowest BCUT2D eigenvalue weighted by molar-refractivity contribution is 0.438. The van der Waals surface area contributed by atoms with Crippen molar-refractivity contribution in [1.29, 1.82) is 0 Å². The van der Waals surface area contributed by atoms with Gasteiger partial charge >= 0.3 is 0 Å². The van der Waals surface area contributed by atoms with E-state index >= 15 is 0 Å². The van der Waals surface area contributed by atoms with Gasteiger partial charge in [0.15, 0.2) is 0 Å². The van der Waals surface area contributed by atoms with Crippen LogP contribution in [-0.2, 0) is 7.05 Å². The highest BCUT2D eigenvalue weighted by Crippen LogP contribution is 2.30. The van der Waals surface area contributed by atoms with E-state index in [2.05, 4.69) is 0 Å². The molecule has 0 aliphatic rings. The summed E-state index contributed by atoms with van der Waals surface area (Å²) in [6, 6.07) is 5.57. The number of hydrogen-bond donors (Lipinski definition) is 2. The van der Waals surface area contributed by atoms with Gasteiger partial charge in [0.05, 0.1) is 5.39 Å². The van der Waals surface area contributed by atoms with Crippen molar-refractivity contribution < 1.29 is 5.11 Å². The number of hydrogen-bond acceptors (Lipinski definition) is 2. The second kappa shape index (κ2) is 2.17. The molecule has 12 heavy (non-hydrogen) atoms. The summed E-state index contributed by atoms with van der Waals surface area (Å²) in [5.74, 6) is 0.225. The van der Waals surface area contributed by atoms with E-state index in [9.17, 15) is 5.11 Å². The Morgan fingerprint density at radius 1 is 1.42 bits per heavy atom. The molecule has 0 radical (unpaired) electrons. The second-order valence-corrected chi connectivity index (χ2v) is 2.88. The molecule has 2 rings (SSSR count). The zero-order valence-corrected chi connectivity index (χ0v) is 6.78. The number of aromatic nitrogens is 1. The van der Waals surface area contributed by atoms with Crippen molar-refractivity contribution in [3.8, 4) is 5.88 Å². The predicted molar refractivity (Wildman–Crippen MR) is 49.0 cm³/mol. The molecule has 0 fully saturated rings. The molecular formula is C9H10N2O. The molecule has 0 saturated heterocycles. The smallest absolute Gasteiger partial charge is 0.200 e. The summed E-state index contributed by atoms with van der Waals surface area (Å²) >= 11 is 0. The Bertz CT molecular complexity index is 431. The van der Waals surface area contributed by atoms with Crippen LogP contribution in [0.1, 0.15) is 0 Å². The molecule has 0 atom stereocenters. The fraction of sp³-hybridized carbons (Fsp3) is 0.111. The number of aromatic hydroxyl groups is 1. The van der Waals surface area contributed by atoms with Gasteiger partial charge in [-0.3, -0.25) is 0 Å². The van der Waals surface area contributed by atoms with Gasteiger partial charge in [0.1, 0.15) is 0 Å². The van der Waals surface area contributed by atoms with E-state index in [1.165, 1.54) is 0 Å². The lowest BCUT2D eigenvalue weighted by atomic mass is 10.2. The Balaban J connectivity index is 2.97. The first-order valence-electron chi connectivity index (χ1n) is 3.72. The average molecular weight is 162 g/mol. The third-order valence-electron chi connectivity index (χ3n) is 2.02. The van der Waals surface area contributed by atoms with E-state index in [0.29, 0.717) is 5.69 Å². The third kappa shape index (κ3) is 0.763. The second-order valence-electron chi connectivity index (χ2n) is 2.88. The molecule has 0 amide bonds. The summed E-state index contributed by atoms with van der Waals surface area (Å²) in [6.45, 7) is 0. The van der Waals surface area contributed by atoms with Gasteiger partial charge in [-0.2, -0.15) is 0 Å². The fourth-order valence-corrected chi connectivity index (χ4v) is 1.40. The minimum absolute atomic E-state index is 0.225. The van der Waals surface area contributed by atoms with Crippen molar-refractivity contribution in [2.75, 3.05) is 5.73 Å². The Morgan fingerprint density at radius 3 is 2.83 bits per heavy atom. The van der Waals surface area contributed by atoms with Gasteiger partial charge in [-0.25, -0.2) is 0 Å². The van der Waals surface area contributed by atoms with Crippen LogP contribution in [-0.4, -0.2) is 9.67 Å². The van der Waals surface area contributed by atoms with E-state index in [1.807, 2.05) is 18.3 Å². The molecule has 3 N–H and O–H groups in total. The summed E-state index contributed by atoms with van der Waals surface area (Å²) < 4.78 is 1.65. The monoisotopic (exact) mass is 162 g/mol. The van der Waals surface area contributed by atoms with Crippen molar-refractivity contribution in [2.24, 2.45) is 7.05 Å². The number of rotatable bonds is 0. The maximum absolute atomic E-state index is 9.56. The Hall–Kier alpha value is -1.64. The molecule has 0 aliphatic carbocycles. The van der Waals surface area contributed by atoms with Crippen molar-refractivity contribution in [1.82, 2.24) is 4.57 Å². The first-order chi connectivity index (χ1) is 5.70. The standard InChI is InChI=1S/C9H10N2O/c1-11-5-6-3-2-4-7(10)8(6)9(11)12/h2-5,12H,10H2,1H3. The first kappa shape index (κ1) is 7.03. The van der Waals surface area contributed by atoms with Crippen LogP contribution in [0.4, 0.5) is 5.69 Å². The number of fused-ring (bicyclic) bond motifs is 1. The fourth-order valence-electron chi connectivity index (χ4n) is 1.40. The molecule has 0 bridgehead atoms. The van der Waals surface area contributed by atoms with Crippen LogP contribution >= 0.6 is 0 Å². The quantitative estimate of drug-likeness (QED) is 0.576. The van der Waals surface area contributed by atoms with Crippen molar-refractivity contribution >= 4 is 16.5 Å². The van der Waals surface area contributed by atoms with E-state index in [4.69, 9.17) is 5.73 Å². The van der Waals surface area contributed by atoms with Gasteiger partial charge in [0.25, 0.3) is 0 Å². The maximum atomic E-state index is 9.56. The normalized spacial score (nSPS) is 10.8. The summed E-state index contributed by atoms with van der Waals surface area (Å²) in [7, 11) is 1.79. The molecule has 1 heterocycles. The van der Waals surface area contributed by atoms with E-state index in [0.717, 1.165) is 10.8 Å². The Morgan fingerprint density at radius 2 is 2.17 bits per heavy atom. The Labute approximate surface area is 70.0 Å². The van der Waals surface area contributed by atoms with Gasteiger partial charge in [-0.15, -0.1) is 0 Å². The lowest BCUT2D eigenvalue weighted by Crippen LogP contribution is -1.85. The minimum atomic E-state index is 0.225. The molecule has 1 aromatic carbocycles. The number of nitrogens with two attached hydrogens (primary N) is 1. The number of benzene rings is 1. The Kier molecular flexibility index (Phi) is 1.27. The zero-order chi connectivity index (χ0) is 8.72. The van der Waals surface area contributed by atoms with Crippen LogP contribution in [0.3, 0.4) is 0 Å². The van der Waals surface area contributed by atoms with Gasteiger partial charge < -0.3 is 15.4 Å². The maximum Gasteiger partial charge on any atom is 0.200 e. The highest BCUT2D eigenvalue weighted by atomic mass is 16.3. The predicted octanol–water partition coefficient (Wildman–Crippen LogP) is 1.47. The number of nitrogen functional groups attached to an aromatic ring is 1. The van der Waals surface area contributed by atoms with E-state index in [-0.39, 0.29) is 5.88 Å². The molecule has 0 unspecified atom stereocenters. The molecule has 0 spiro atoms. The van der Waals surface area contributed by atoms with Crippen LogP contribution in [0.25, 0.3) is 10.8 Å².